The molecule has 2 aromatic heterocycles. The molecule has 6 nitrogen and oxygen atoms in total. The monoisotopic (exact) mass is 301 g/mol. The van der Waals surface area contributed by atoms with Crippen molar-refractivity contribution in [1.29, 1.82) is 0 Å². The van der Waals surface area contributed by atoms with E-state index in [1.165, 1.54) is 12.3 Å². The summed E-state index contributed by atoms with van der Waals surface area (Å²) in [5.41, 5.74) is 5.95. The van der Waals surface area contributed by atoms with Crippen molar-refractivity contribution in [1.82, 2.24) is 10.3 Å². The molecule has 3 rings (SSSR count). The Morgan fingerprint density at radius 3 is 2.91 bits per heavy atom. The van der Waals surface area contributed by atoms with Gasteiger partial charge < -0.3 is 20.5 Å². The largest absolute Gasteiger partial charge is 0.463 e. The van der Waals surface area contributed by atoms with Gasteiger partial charge in [-0.3, -0.25) is 9.59 Å². The standard InChI is InChI=1S/C16H19N3O3/c17-9-10-3-1-4-12(10)18-15(20)11-6-7-13(19-16(11)21)14-5-2-8-22-14/h2,5-8,10,12H,1,3-4,9,17H2,(H,18,20)(H,19,21). The smallest absolute Gasteiger partial charge is 0.261 e. The molecule has 0 radical (unpaired) electrons. The van der Waals surface area contributed by atoms with Crippen LogP contribution in [-0.2, 0) is 0 Å². The number of carbonyl (C=O) groups is 1. The fraction of sp³-hybridized carbons (Fsp3) is 0.375. The molecule has 0 saturated heterocycles. The number of aromatic nitrogens is 1. The third kappa shape index (κ3) is 2.82. The van der Waals surface area contributed by atoms with E-state index in [0.29, 0.717) is 23.9 Å². The van der Waals surface area contributed by atoms with Crippen LogP contribution >= 0.6 is 0 Å². The minimum Gasteiger partial charge on any atom is -0.463 e. The molecule has 0 bridgehead atoms. The van der Waals surface area contributed by atoms with Crippen LogP contribution in [-0.4, -0.2) is 23.5 Å². The summed E-state index contributed by atoms with van der Waals surface area (Å²) in [7, 11) is 0. The van der Waals surface area contributed by atoms with Gasteiger partial charge in [-0.05, 0) is 49.6 Å². The highest BCUT2D eigenvalue weighted by atomic mass is 16.3. The van der Waals surface area contributed by atoms with E-state index >= 15 is 0 Å². The predicted molar refractivity (Wildman–Crippen MR) is 82.4 cm³/mol. The number of nitrogens with one attached hydrogen (secondary N) is 2. The van der Waals surface area contributed by atoms with Crippen LogP contribution in [0.5, 0.6) is 0 Å². The first-order valence-corrected chi connectivity index (χ1v) is 7.47. The van der Waals surface area contributed by atoms with Crippen LogP contribution in [0.1, 0.15) is 29.6 Å². The van der Waals surface area contributed by atoms with Gasteiger partial charge in [-0.25, -0.2) is 0 Å². The van der Waals surface area contributed by atoms with Crippen LogP contribution in [0, 0.1) is 5.92 Å². The fourth-order valence-electron chi connectivity index (χ4n) is 2.98. The van der Waals surface area contributed by atoms with Crippen LogP contribution in [0.4, 0.5) is 0 Å². The van der Waals surface area contributed by atoms with E-state index in [9.17, 15) is 9.59 Å². The zero-order valence-electron chi connectivity index (χ0n) is 12.2. The van der Waals surface area contributed by atoms with E-state index in [1.54, 1.807) is 18.2 Å². The van der Waals surface area contributed by atoms with Gasteiger partial charge in [0, 0.05) is 6.04 Å². The molecule has 1 aliphatic carbocycles. The molecule has 2 heterocycles. The third-order valence-corrected chi connectivity index (χ3v) is 4.22. The molecule has 1 aliphatic rings. The summed E-state index contributed by atoms with van der Waals surface area (Å²) in [6.45, 7) is 0.554. The van der Waals surface area contributed by atoms with Gasteiger partial charge in [0.1, 0.15) is 11.3 Å². The molecule has 1 amide bonds. The van der Waals surface area contributed by atoms with E-state index < -0.39 is 5.56 Å². The van der Waals surface area contributed by atoms with Crippen LogP contribution in [0.25, 0.3) is 11.5 Å². The number of hydrogen-bond donors (Lipinski definition) is 3. The zero-order chi connectivity index (χ0) is 15.5. The minimum atomic E-state index is -0.423. The van der Waals surface area contributed by atoms with E-state index in [1.807, 2.05) is 0 Å². The lowest BCUT2D eigenvalue weighted by atomic mass is 10.0. The van der Waals surface area contributed by atoms with E-state index in [4.69, 9.17) is 10.2 Å². The predicted octanol–water partition coefficient (Wildman–Crippen LogP) is 1.49. The summed E-state index contributed by atoms with van der Waals surface area (Å²) >= 11 is 0. The van der Waals surface area contributed by atoms with Crippen LogP contribution < -0.4 is 16.6 Å². The fourth-order valence-corrected chi connectivity index (χ4v) is 2.98. The van der Waals surface area contributed by atoms with E-state index in [-0.39, 0.29) is 17.5 Å². The molecule has 0 spiro atoms. The van der Waals surface area contributed by atoms with Gasteiger partial charge in [-0.2, -0.15) is 0 Å². The molecule has 1 saturated carbocycles. The molecule has 6 heteroatoms. The molecule has 2 atom stereocenters. The molecule has 1 fully saturated rings. The van der Waals surface area contributed by atoms with Crippen molar-refractivity contribution in [2.24, 2.45) is 11.7 Å². The SMILES string of the molecule is NCC1CCCC1NC(=O)c1ccc(-c2ccco2)[nH]c1=O. The van der Waals surface area contributed by atoms with Gasteiger partial charge in [-0.1, -0.05) is 6.42 Å². The average molecular weight is 301 g/mol. The van der Waals surface area contributed by atoms with Crippen molar-refractivity contribution in [3.05, 3.63) is 46.4 Å². The lowest BCUT2D eigenvalue weighted by Gasteiger charge is -2.19. The van der Waals surface area contributed by atoms with Gasteiger partial charge >= 0.3 is 0 Å². The minimum absolute atomic E-state index is 0.0571. The average Bonchev–Trinajstić information content (AvgIpc) is 3.18. The van der Waals surface area contributed by atoms with Gasteiger partial charge in [0.25, 0.3) is 11.5 Å². The van der Waals surface area contributed by atoms with Crippen molar-refractivity contribution in [2.75, 3.05) is 6.54 Å². The molecule has 4 N–H and O–H groups in total. The number of carbonyl (C=O) groups excluding carboxylic acids is 1. The molecule has 116 valence electrons. The Balaban J connectivity index is 1.77. The molecular weight excluding hydrogens is 282 g/mol. The molecule has 2 unspecified atom stereocenters. The second-order valence-electron chi connectivity index (χ2n) is 5.60. The lowest BCUT2D eigenvalue weighted by Crippen LogP contribution is -2.41. The molecule has 0 aromatic carbocycles. The van der Waals surface area contributed by atoms with Crippen molar-refractivity contribution >= 4 is 5.91 Å². The second kappa shape index (κ2) is 6.19. The summed E-state index contributed by atoms with van der Waals surface area (Å²) in [4.78, 5) is 27.1. The van der Waals surface area contributed by atoms with E-state index in [2.05, 4.69) is 10.3 Å². The van der Waals surface area contributed by atoms with E-state index in [0.717, 1.165) is 19.3 Å². The van der Waals surface area contributed by atoms with Gasteiger partial charge in [0.15, 0.2) is 0 Å². The molecular formula is C16H19N3O3. The number of furan rings is 1. The Morgan fingerprint density at radius 1 is 1.36 bits per heavy atom. The Hall–Kier alpha value is -2.34. The highest BCUT2D eigenvalue weighted by Gasteiger charge is 2.28. The Kier molecular flexibility index (Phi) is 4.11. The van der Waals surface area contributed by atoms with Gasteiger partial charge in [0.2, 0.25) is 0 Å². The highest BCUT2D eigenvalue weighted by molar-refractivity contribution is 5.94. The normalized spacial score (nSPS) is 21.0. The summed E-state index contributed by atoms with van der Waals surface area (Å²) in [5.74, 6) is 0.506. The van der Waals surface area contributed by atoms with Crippen molar-refractivity contribution < 1.29 is 9.21 Å². The first kappa shape index (κ1) is 14.6. The number of aromatic amines is 1. The molecule has 22 heavy (non-hydrogen) atoms. The van der Waals surface area contributed by atoms with Crippen LogP contribution in [0.3, 0.4) is 0 Å². The quantitative estimate of drug-likeness (QED) is 0.796. The molecule has 2 aromatic rings. The first-order valence-electron chi connectivity index (χ1n) is 7.47. The van der Waals surface area contributed by atoms with Crippen molar-refractivity contribution in [3.63, 3.8) is 0 Å². The van der Waals surface area contributed by atoms with Crippen molar-refractivity contribution in [2.45, 2.75) is 25.3 Å². The number of rotatable bonds is 4. The Morgan fingerprint density at radius 2 is 2.23 bits per heavy atom. The number of amides is 1. The third-order valence-electron chi connectivity index (χ3n) is 4.22. The number of hydrogen-bond acceptors (Lipinski definition) is 4. The summed E-state index contributed by atoms with van der Waals surface area (Å²) in [5, 5.41) is 2.93. The first-order chi connectivity index (χ1) is 10.7. The summed E-state index contributed by atoms with van der Waals surface area (Å²) in [6, 6.07) is 6.74. The van der Waals surface area contributed by atoms with Crippen molar-refractivity contribution in [3.8, 4) is 11.5 Å². The second-order valence-corrected chi connectivity index (χ2v) is 5.60. The highest BCUT2D eigenvalue weighted by Crippen LogP contribution is 2.24. The van der Waals surface area contributed by atoms with Gasteiger partial charge in [0.05, 0.1) is 12.0 Å². The lowest BCUT2D eigenvalue weighted by molar-refractivity contribution is 0.0927. The van der Waals surface area contributed by atoms with Crippen LogP contribution in [0.2, 0.25) is 0 Å². The summed E-state index contributed by atoms with van der Waals surface area (Å²) in [6.07, 6.45) is 4.52. The Bertz CT molecular complexity index is 706. The maximum Gasteiger partial charge on any atom is 0.261 e. The Labute approximate surface area is 127 Å². The maximum absolute atomic E-state index is 12.3. The number of pyridine rings is 1. The number of nitrogens with two attached hydrogens (primary N) is 1. The van der Waals surface area contributed by atoms with Gasteiger partial charge in [-0.15, -0.1) is 0 Å². The number of H-pyrrole nitrogens is 1. The van der Waals surface area contributed by atoms with Crippen LogP contribution in [0.15, 0.2) is 39.7 Å². The summed E-state index contributed by atoms with van der Waals surface area (Å²) < 4.78 is 5.23. The zero-order valence-corrected chi connectivity index (χ0v) is 12.2. The molecule has 0 aliphatic heterocycles. The topological polar surface area (TPSA) is 101 Å². The maximum atomic E-state index is 12.3.